The zero-order valence-corrected chi connectivity index (χ0v) is 19.7. The van der Waals surface area contributed by atoms with Crippen LogP contribution >= 0.6 is 0 Å². The smallest absolute Gasteiger partial charge is 0.282 e. The van der Waals surface area contributed by atoms with Gasteiger partial charge in [-0.2, -0.15) is 5.10 Å². The number of aromatic nitrogens is 3. The maximum absolute atomic E-state index is 13.7. The van der Waals surface area contributed by atoms with E-state index in [0.29, 0.717) is 36.6 Å². The second kappa shape index (κ2) is 10.4. The molecule has 0 spiro atoms. The summed E-state index contributed by atoms with van der Waals surface area (Å²) in [4.78, 5) is 29.9. The molecule has 0 radical (unpaired) electrons. The molecule has 0 saturated heterocycles. The van der Waals surface area contributed by atoms with E-state index in [0.717, 1.165) is 0 Å². The lowest BCUT2D eigenvalue weighted by Crippen LogP contribution is -2.29. The summed E-state index contributed by atoms with van der Waals surface area (Å²) in [7, 11) is 1.61. The predicted octanol–water partition coefficient (Wildman–Crippen LogP) is 4.37. The molecule has 0 bridgehead atoms. The molecule has 0 saturated carbocycles. The quantitative estimate of drug-likeness (QED) is 0.308. The minimum absolute atomic E-state index is 0.0140. The summed E-state index contributed by atoms with van der Waals surface area (Å²) in [6.07, 6.45) is 0.527. The highest BCUT2D eigenvalue weighted by Gasteiger charge is 2.38. The number of pyridine rings is 1. The van der Waals surface area contributed by atoms with Crippen LogP contribution in [0.2, 0.25) is 0 Å². The Morgan fingerprint density at radius 3 is 2.68 bits per heavy atom. The number of aliphatic hydroxyl groups is 1. The van der Waals surface area contributed by atoms with E-state index in [9.17, 15) is 23.5 Å². The van der Waals surface area contributed by atoms with Gasteiger partial charge in [-0.05, 0) is 18.4 Å². The summed E-state index contributed by atoms with van der Waals surface area (Å²) in [5.74, 6) is -1.29. The van der Waals surface area contributed by atoms with E-state index in [1.807, 2.05) is 0 Å². The Kier molecular flexibility index (Phi) is 7.81. The van der Waals surface area contributed by atoms with Crippen molar-refractivity contribution < 1.29 is 33.0 Å². The number of Topliss-reactive ketones (excluding diaryl/α,β-unsaturated/α-hetero) is 2. The number of methoxy groups -OCH3 is 1. The zero-order chi connectivity index (χ0) is 25.0. The van der Waals surface area contributed by atoms with Gasteiger partial charge in [0.25, 0.3) is 6.43 Å². The van der Waals surface area contributed by atoms with Crippen molar-refractivity contribution in [3.8, 4) is 5.75 Å². The SMILES string of the molecule is COCCCOc1ccnc(Cn2cc(C(=O)C3=C(O)CC(C)(C)CC3=O)c(C(F)F)n2)c1C. The summed E-state index contributed by atoms with van der Waals surface area (Å²) in [5.41, 5.74) is -0.861. The molecule has 0 unspecified atom stereocenters. The van der Waals surface area contributed by atoms with Crippen LogP contribution in [0.5, 0.6) is 5.75 Å². The fourth-order valence-electron chi connectivity index (χ4n) is 3.95. The average Bonchev–Trinajstić information content (AvgIpc) is 3.16. The third-order valence-corrected chi connectivity index (χ3v) is 5.64. The van der Waals surface area contributed by atoms with Gasteiger partial charge in [0.05, 0.1) is 24.4 Å². The molecule has 0 fully saturated rings. The first-order valence-electron chi connectivity index (χ1n) is 11.0. The minimum atomic E-state index is -3.04. The Labute approximate surface area is 196 Å². The molecule has 34 heavy (non-hydrogen) atoms. The lowest BCUT2D eigenvalue weighted by molar-refractivity contribution is -0.118. The number of halogens is 2. The molecule has 1 N–H and O–H groups in total. The van der Waals surface area contributed by atoms with Crippen molar-refractivity contribution in [1.82, 2.24) is 14.8 Å². The van der Waals surface area contributed by atoms with Crippen molar-refractivity contribution in [2.75, 3.05) is 20.3 Å². The van der Waals surface area contributed by atoms with Crippen molar-refractivity contribution in [2.45, 2.75) is 53.0 Å². The Morgan fingerprint density at radius 1 is 1.29 bits per heavy atom. The van der Waals surface area contributed by atoms with Gasteiger partial charge in [0.2, 0.25) is 5.78 Å². The fraction of sp³-hybridized carbons (Fsp3) is 0.500. The highest BCUT2D eigenvalue weighted by molar-refractivity contribution is 6.27. The first kappa shape index (κ1) is 25.5. The summed E-state index contributed by atoms with van der Waals surface area (Å²) in [5, 5.41) is 14.2. The lowest BCUT2D eigenvalue weighted by atomic mass is 9.75. The average molecular weight is 478 g/mol. The molecule has 2 heterocycles. The fourth-order valence-corrected chi connectivity index (χ4v) is 3.95. The van der Waals surface area contributed by atoms with Gasteiger partial charge in [0.15, 0.2) is 5.78 Å². The van der Waals surface area contributed by atoms with Crippen LogP contribution in [0.15, 0.2) is 29.8 Å². The van der Waals surface area contributed by atoms with Crippen LogP contribution in [0.1, 0.15) is 66.8 Å². The number of alkyl halides is 2. The monoisotopic (exact) mass is 477 g/mol. The number of carbonyl (C=O) groups excluding carboxylic acids is 2. The molecule has 0 aromatic carbocycles. The number of allylic oxidation sites excluding steroid dienone is 2. The van der Waals surface area contributed by atoms with Crippen LogP contribution in [-0.4, -0.2) is 51.8 Å². The number of hydrogen-bond acceptors (Lipinski definition) is 7. The molecule has 10 heteroatoms. The molecule has 8 nitrogen and oxygen atoms in total. The van der Waals surface area contributed by atoms with Gasteiger partial charge in [-0.25, -0.2) is 8.78 Å². The number of hydrogen-bond donors (Lipinski definition) is 1. The maximum atomic E-state index is 13.7. The second-order valence-corrected chi connectivity index (χ2v) is 9.09. The predicted molar refractivity (Wildman–Crippen MR) is 119 cm³/mol. The van der Waals surface area contributed by atoms with Gasteiger partial charge in [0, 0.05) is 50.9 Å². The highest BCUT2D eigenvalue weighted by atomic mass is 19.3. The third-order valence-electron chi connectivity index (χ3n) is 5.64. The molecule has 1 aliphatic rings. The van der Waals surface area contributed by atoms with Crippen molar-refractivity contribution in [3.05, 3.63) is 52.3 Å². The summed E-state index contributed by atoms with van der Waals surface area (Å²) >= 11 is 0. The van der Waals surface area contributed by atoms with Gasteiger partial charge in [-0.3, -0.25) is 19.3 Å². The van der Waals surface area contributed by atoms with Crippen molar-refractivity contribution in [1.29, 1.82) is 0 Å². The van der Waals surface area contributed by atoms with Gasteiger partial charge >= 0.3 is 0 Å². The maximum Gasteiger partial charge on any atom is 0.282 e. The molecule has 2 aromatic rings. The van der Waals surface area contributed by atoms with E-state index in [-0.39, 0.29) is 25.1 Å². The molecule has 184 valence electrons. The number of ether oxygens (including phenoxy) is 2. The van der Waals surface area contributed by atoms with Crippen LogP contribution in [0.3, 0.4) is 0 Å². The molecular formula is C24H29F2N3O5. The van der Waals surface area contributed by atoms with E-state index >= 15 is 0 Å². The van der Waals surface area contributed by atoms with E-state index in [2.05, 4.69) is 10.1 Å². The molecule has 3 rings (SSSR count). The van der Waals surface area contributed by atoms with Crippen molar-refractivity contribution >= 4 is 11.6 Å². The number of aliphatic hydroxyl groups excluding tert-OH is 1. The molecular weight excluding hydrogens is 448 g/mol. The van der Waals surface area contributed by atoms with E-state index < -0.39 is 40.2 Å². The Hall–Kier alpha value is -3.14. The van der Waals surface area contributed by atoms with Crippen molar-refractivity contribution in [3.63, 3.8) is 0 Å². The zero-order valence-electron chi connectivity index (χ0n) is 19.7. The molecule has 0 amide bonds. The van der Waals surface area contributed by atoms with E-state index in [1.54, 1.807) is 40.1 Å². The molecule has 0 atom stereocenters. The van der Waals surface area contributed by atoms with Crippen LogP contribution in [0.25, 0.3) is 0 Å². The number of carbonyl (C=O) groups is 2. The third kappa shape index (κ3) is 5.67. The largest absolute Gasteiger partial charge is 0.511 e. The first-order chi connectivity index (χ1) is 16.0. The van der Waals surface area contributed by atoms with Crippen LogP contribution in [0, 0.1) is 12.3 Å². The highest BCUT2D eigenvalue weighted by Crippen LogP contribution is 2.37. The van der Waals surface area contributed by atoms with Crippen LogP contribution < -0.4 is 4.74 Å². The topological polar surface area (TPSA) is 104 Å². The summed E-state index contributed by atoms with van der Waals surface area (Å²) in [6.45, 7) is 6.38. The van der Waals surface area contributed by atoms with E-state index in [1.165, 1.54) is 10.9 Å². The van der Waals surface area contributed by atoms with Gasteiger partial charge in [-0.1, -0.05) is 13.8 Å². The molecule has 2 aromatic heterocycles. The second-order valence-electron chi connectivity index (χ2n) is 9.09. The van der Waals surface area contributed by atoms with Gasteiger partial charge < -0.3 is 14.6 Å². The van der Waals surface area contributed by atoms with E-state index in [4.69, 9.17) is 9.47 Å². The Morgan fingerprint density at radius 2 is 2.03 bits per heavy atom. The van der Waals surface area contributed by atoms with Gasteiger partial charge in [-0.15, -0.1) is 0 Å². The Bertz CT molecular complexity index is 1110. The normalized spacial score (nSPS) is 15.8. The van der Waals surface area contributed by atoms with Crippen LogP contribution in [-0.2, 0) is 16.1 Å². The minimum Gasteiger partial charge on any atom is -0.511 e. The molecule has 1 aliphatic carbocycles. The summed E-state index contributed by atoms with van der Waals surface area (Å²) in [6, 6.07) is 1.71. The number of nitrogens with zero attached hydrogens (tertiary/aromatic N) is 3. The first-order valence-corrected chi connectivity index (χ1v) is 11.0. The standard InChI is InChI=1S/C24H29F2N3O5/c1-14-16(27-7-6-19(14)34-9-5-8-33-4)13-29-12-15(21(28-29)23(25)26)22(32)20-17(30)10-24(2,3)11-18(20)31/h6-7,12,23,30H,5,8-11,13H2,1-4H3. The van der Waals surface area contributed by atoms with Gasteiger partial charge in [0.1, 0.15) is 22.8 Å². The number of rotatable bonds is 10. The summed E-state index contributed by atoms with van der Waals surface area (Å²) < 4.78 is 39.4. The van der Waals surface area contributed by atoms with Crippen molar-refractivity contribution in [2.24, 2.45) is 5.41 Å². The number of ketones is 2. The lowest BCUT2D eigenvalue weighted by Gasteiger charge is -2.28. The Balaban J connectivity index is 1.88. The molecule has 0 aliphatic heterocycles. The van der Waals surface area contributed by atoms with Crippen LogP contribution in [0.4, 0.5) is 8.78 Å².